The maximum absolute atomic E-state index is 5.98. The molecule has 2 N–H and O–H groups in total. The third-order valence-electron chi connectivity index (χ3n) is 3.17. The summed E-state index contributed by atoms with van der Waals surface area (Å²) >= 11 is 13.1. The molecule has 2 rings (SSSR count). The monoisotopic (exact) mass is 394 g/mol. The first-order chi connectivity index (χ1) is 12.0. The second-order valence-electron chi connectivity index (χ2n) is 5.75. The Morgan fingerprint density at radius 3 is 2.64 bits per heavy atom. The Morgan fingerprint density at radius 1 is 1.20 bits per heavy atom. The molecule has 0 atom stereocenters. The highest BCUT2D eigenvalue weighted by molar-refractivity contribution is 7.98. The van der Waals surface area contributed by atoms with Crippen LogP contribution in [-0.2, 0) is 5.75 Å². The van der Waals surface area contributed by atoms with Crippen molar-refractivity contribution in [2.24, 2.45) is 0 Å². The van der Waals surface area contributed by atoms with Crippen molar-refractivity contribution in [2.75, 3.05) is 17.6 Å². The summed E-state index contributed by atoms with van der Waals surface area (Å²) in [5.41, 5.74) is 2.18. The highest BCUT2D eigenvalue weighted by atomic mass is 35.5. The van der Waals surface area contributed by atoms with Gasteiger partial charge in [-0.2, -0.15) is 11.8 Å². The lowest BCUT2D eigenvalue weighted by atomic mass is 10.2. The van der Waals surface area contributed by atoms with E-state index < -0.39 is 0 Å². The second kappa shape index (κ2) is 10.5. The Bertz CT molecular complexity index is 677. The zero-order chi connectivity index (χ0) is 18.1. The van der Waals surface area contributed by atoms with Gasteiger partial charge in [0.2, 0.25) is 0 Å². The summed E-state index contributed by atoms with van der Waals surface area (Å²) in [5, 5.41) is 7.80. The SMILES string of the molecule is CC(C)Oc1ccc(NC(=S)NCCSCc2cccc(Cl)c2)cc1. The van der Waals surface area contributed by atoms with Crippen molar-refractivity contribution in [1.29, 1.82) is 0 Å². The number of halogens is 1. The van der Waals surface area contributed by atoms with Gasteiger partial charge in [0.05, 0.1) is 6.10 Å². The molecule has 0 bridgehead atoms. The summed E-state index contributed by atoms with van der Waals surface area (Å²) in [6.07, 6.45) is 0.172. The third-order valence-corrected chi connectivity index (χ3v) is 4.69. The number of hydrogen-bond donors (Lipinski definition) is 2. The van der Waals surface area contributed by atoms with Crippen molar-refractivity contribution >= 4 is 46.4 Å². The summed E-state index contributed by atoms with van der Waals surface area (Å²) in [6.45, 7) is 4.83. The Hall–Kier alpha value is -1.43. The molecule has 0 radical (unpaired) electrons. The summed E-state index contributed by atoms with van der Waals surface area (Å²) < 4.78 is 5.62. The average Bonchev–Trinajstić information content (AvgIpc) is 2.56. The molecule has 3 nitrogen and oxygen atoms in total. The van der Waals surface area contributed by atoms with Gasteiger partial charge in [-0.1, -0.05) is 23.7 Å². The maximum atomic E-state index is 5.98. The molecule has 0 heterocycles. The van der Waals surface area contributed by atoms with E-state index in [4.69, 9.17) is 28.6 Å². The lowest BCUT2D eigenvalue weighted by Gasteiger charge is -2.12. The molecule has 0 saturated carbocycles. The van der Waals surface area contributed by atoms with Gasteiger partial charge in [0, 0.05) is 28.8 Å². The molecule has 0 aliphatic rings. The van der Waals surface area contributed by atoms with Crippen LogP contribution < -0.4 is 15.4 Å². The van der Waals surface area contributed by atoms with Crippen LogP contribution in [0.15, 0.2) is 48.5 Å². The number of ether oxygens (including phenoxy) is 1. The highest BCUT2D eigenvalue weighted by Crippen LogP contribution is 2.17. The van der Waals surface area contributed by atoms with E-state index >= 15 is 0 Å². The van der Waals surface area contributed by atoms with Gasteiger partial charge in [-0.05, 0) is 68.0 Å². The Morgan fingerprint density at radius 2 is 1.96 bits per heavy atom. The zero-order valence-corrected chi connectivity index (χ0v) is 16.8. The lowest BCUT2D eigenvalue weighted by molar-refractivity contribution is 0.242. The van der Waals surface area contributed by atoms with Gasteiger partial charge in [0.15, 0.2) is 5.11 Å². The first-order valence-electron chi connectivity index (χ1n) is 8.16. The molecular formula is C19H23ClN2OS2. The van der Waals surface area contributed by atoms with Gasteiger partial charge >= 0.3 is 0 Å². The van der Waals surface area contributed by atoms with Crippen LogP contribution in [0.2, 0.25) is 5.02 Å². The summed E-state index contributed by atoms with van der Waals surface area (Å²) in [7, 11) is 0. The average molecular weight is 395 g/mol. The largest absolute Gasteiger partial charge is 0.491 e. The molecule has 2 aromatic rings. The van der Waals surface area contributed by atoms with E-state index in [0.717, 1.165) is 34.5 Å². The van der Waals surface area contributed by atoms with Crippen molar-refractivity contribution in [1.82, 2.24) is 5.32 Å². The van der Waals surface area contributed by atoms with Gasteiger partial charge < -0.3 is 15.4 Å². The minimum atomic E-state index is 0.172. The van der Waals surface area contributed by atoms with Crippen molar-refractivity contribution in [3.05, 3.63) is 59.1 Å². The molecule has 0 unspecified atom stereocenters. The van der Waals surface area contributed by atoms with E-state index in [-0.39, 0.29) is 6.10 Å². The summed E-state index contributed by atoms with van der Waals surface area (Å²) in [4.78, 5) is 0. The van der Waals surface area contributed by atoms with Crippen LogP contribution in [0.5, 0.6) is 5.75 Å². The Labute approximate surface area is 164 Å². The quantitative estimate of drug-likeness (QED) is 0.466. The van der Waals surface area contributed by atoms with Crippen molar-refractivity contribution in [3.63, 3.8) is 0 Å². The number of thiocarbonyl (C=S) groups is 1. The predicted octanol–water partition coefficient (Wildman–Crippen LogP) is 5.35. The molecular weight excluding hydrogens is 372 g/mol. The van der Waals surface area contributed by atoms with Crippen molar-refractivity contribution in [2.45, 2.75) is 25.7 Å². The van der Waals surface area contributed by atoms with Gasteiger partial charge in [0.1, 0.15) is 5.75 Å². The number of nitrogens with one attached hydrogen (secondary N) is 2. The fourth-order valence-electron chi connectivity index (χ4n) is 2.12. The minimum absolute atomic E-state index is 0.172. The topological polar surface area (TPSA) is 33.3 Å². The second-order valence-corrected chi connectivity index (χ2v) is 7.70. The molecule has 6 heteroatoms. The van der Waals surface area contributed by atoms with Crippen molar-refractivity contribution < 1.29 is 4.74 Å². The van der Waals surface area contributed by atoms with Gasteiger partial charge in [-0.15, -0.1) is 0 Å². The molecule has 0 aliphatic heterocycles. The Kier molecular flexibility index (Phi) is 8.38. The number of thioether (sulfide) groups is 1. The maximum Gasteiger partial charge on any atom is 0.170 e. The molecule has 25 heavy (non-hydrogen) atoms. The van der Waals surface area contributed by atoms with Crippen LogP contribution >= 0.6 is 35.6 Å². The predicted molar refractivity (Wildman–Crippen MR) is 114 cm³/mol. The van der Waals surface area contributed by atoms with Crippen LogP contribution in [0.4, 0.5) is 5.69 Å². The molecule has 0 fully saturated rings. The number of anilines is 1. The van der Waals surface area contributed by atoms with Gasteiger partial charge in [0.25, 0.3) is 0 Å². The van der Waals surface area contributed by atoms with Crippen LogP contribution in [0.3, 0.4) is 0 Å². The molecule has 0 spiro atoms. The molecule has 0 saturated heterocycles. The normalized spacial score (nSPS) is 10.6. The van der Waals surface area contributed by atoms with E-state index in [1.807, 2.05) is 68.1 Å². The van der Waals surface area contributed by atoms with Gasteiger partial charge in [-0.25, -0.2) is 0 Å². The molecule has 134 valence electrons. The van der Waals surface area contributed by atoms with Crippen LogP contribution in [0, 0.1) is 0 Å². The molecule has 0 aliphatic carbocycles. The fourth-order valence-corrected chi connectivity index (χ4v) is 3.36. The summed E-state index contributed by atoms with van der Waals surface area (Å²) in [5.74, 6) is 2.77. The number of hydrogen-bond acceptors (Lipinski definition) is 3. The third kappa shape index (κ3) is 7.99. The van der Waals surface area contributed by atoms with Crippen LogP contribution in [0.1, 0.15) is 19.4 Å². The van der Waals surface area contributed by atoms with Crippen LogP contribution in [0.25, 0.3) is 0 Å². The molecule has 0 aromatic heterocycles. The van der Waals surface area contributed by atoms with E-state index in [9.17, 15) is 0 Å². The van der Waals surface area contributed by atoms with E-state index in [2.05, 4.69) is 16.7 Å². The smallest absolute Gasteiger partial charge is 0.170 e. The van der Waals surface area contributed by atoms with E-state index in [0.29, 0.717) is 5.11 Å². The van der Waals surface area contributed by atoms with Gasteiger partial charge in [-0.3, -0.25) is 0 Å². The zero-order valence-electron chi connectivity index (χ0n) is 14.4. The first kappa shape index (κ1) is 19.9. The minimum Gasteiger partial charge on any atom is -0.491 e. The summed E-state index contributed by atoms with van der Waals surface area (Å²) in [6, 6.07) is 15.7. The van der Waals surface area contributed by atoms with Crippen LogP contribution in [-0.4, -0.2) is 23.5 Å². The molecule has 2 aromatic carbocycles. The molecule has 0 amide bonds. The first-order valence-corrected chi connectivity index (χ1v) is 10.1. The number of rotatable bonds is 8. The number of benzene rings is 2. The van der Waals surface area contributed by atoms with Crippen molar-refractivity contribution in [3.8, 4) is 5.75 Å². The Balaban J connectivity index is 1.63. The highest BCUT2D eigenvalue weighted by Gasteiger charge is 2.01. The van der Waals surface area contributed by atoms with E-state index in [1.54, 1.807) is 0 Å². The fraction of sp³-hybridized carbons (Fsp3) is 0.316. The lowest BCUT2D eigenvalue weighted by Crippen LogP contribution is -2.30. The standard InChI is InChI=1S/C19H23ClN2OS2/c1-14(2)23-18-8-6-17(7-9-18)22-19(24)21-10-11-25-13-15-4-3-5-16(20)12-15/h3-9,12,14H,10-11,13H2,1-2H3,(H2,21,22,24). The van der Waals surface area contributed by atoms with E-state index in [1.165, 1.54) is 5.56 Å².